The van der Waals surface area contributed by atoms with E-state index in [-0.39, 0.29) is 11.4 Å². The highest BCUT2D eigenvalue weighted by Gasteiger charge is 2.08. The van der Waals surface area contributed by atoms with Crippen LogP contribution in [0.5, 0.6) is 11.5 Å². The molecule has 1 aromatic heterocycles. The second kappa shape index (κ2) is 5.00. The molecule has 96 valence electrons. The van der Waals surface area contributed by atoms with E-state index >= 15 is 0 Å². The van der Waals surface area contributed by atoms with E-state index in [0.29, 0.717) is 12.4 Å². The maximum atomic E-state index is 9.47. The molecule has 2 aromatic rings. The first-order chi connectivity index (χ1) is 8.61. The highest BCUT2D eigenvalue weighted by atomic mass is 16.5. The van der Waals surface area contributed by atoms with Crippen molar-refractivity contribution in [1.82, 2.24) is 9.78 Å². The van der Waals surface area contributed by atoms with Crippen LogP contribution in [0, 0.1) is 0 Å². The van der Waals surface area contributed by atoms with Crippen LogP contribution in [0.25, 0.3) is 0 Å². The number of ether oxygens (including phenoxy) is 1. The van der Waals surface area contributed by atoms with E-state index in [2.05, 4.69) is 12.0 Å². The lowest BCUT2D eigenvalue weighted by Gasteiger charge is -2.09. The predicted molar refractivity (Wildman–Crippen MR) is 69.4 cm³/mol. The number of para-hydroxylation sites is 1. The molecule has 0 amide bonds. The van der Waals surface area contributed by atoms with Crippen molar-refractivity contribution >= 4 is 5.69 Å². The van der Waals surface area contributed by atoms with Gasteiger partial charge in [0.1, 0.15) is 23.8 Å². The summed E-state index contributed by atoms with van der Waals surface area (Å²) in [4.78, 5) is 0. The van der Waals surface area contributed by atoms with Crippen molar-refractivity contribution in [3.8, 4) is 11.5 Å². The third-order valence-electron chi connectivity index (χ3n) is 2.81. The van der Waals surface area contributed by atoms with E-state index in [1.165, 1.54) is 6.07 Å². The molecule has 0 saturated heterocycles. The maximum Gasteiger partial charge on any atom is 0.146 e. The summed E-state index contributed by atoms with van der Waals surface area (Å²) in [6.07, 6.45) is 0.891. The largest absolute Gasteiger partial charge is 0.506 e. The standard InChI is InChI=1S/C13H17N3O2/c1-3-9-7-10(16(2)15-9)8-18-12-6-4-5-11(17)13(12)14/h4-7,17H,3,8,14H2,1-2H3. The Morgan fingerprint density at radius 1 is 1.44 bits per heavy atom. The summed E-state index contributed by atoms with van der Waals surface area (Å²) < 4.78 is 7.39. The van der Waals surface area contributed by atoms with Gasteiger partial charge in [-0.05, 0) is 24.6 Å². The summed E-state index contributed by atoms with van der Waals surface area (Å²) in [6.45, 7) is 2.43. The summed E-state index contributed by atoms with van der Waals surface area (Å²) in [5.74, 6) is 0.515. The molecule has 1 aromatic carbocycles. The molecule has 0 aliphatic rings. The van der Waals surface area contributed by atoms with Crippen LogP contribution in [0.15, 0.2) is 24.3 Å². The van der Waals surface area contributed by atoms with Crippen molar-refractivity contribution in [2.24, 2.45) is 7.05 Å². The molecule has 2 rings (SSSR count). The molecule has 3 N–H and O–H groups in total. The van der Waals surface area contributed by atoms with Gasteiger partial charge in [0.2, 0.25) is 0 Å². The molecule has 0 unspecified atom stereocenters. The number of phenolic OH excluding ortho intramolecular Hbond substituents is 1. The third-order valence-corrected chi connectivity index (χ3v) is 2.81. The van der Waals surface area contributed by atoms with Gasteiger partial charge in [0.15, 0.2) is 0 Å². The number of rotatable bonds is 4. The lowest BCUT2D eigenvalue weighted by molar-refractivity contribution is 0.295. The molecule has 0 atom stereocenters. The molecule has 0 spiro atoms. The number of aromatic nitrogens is 2. The Kier molecular flexibility index (Phi) is 3.41. The lowest BCUT2D eigenvalue weighted by atomic mass is 10.2. The summed E-state index contributed by atoms with van der Waals surface area (Å²) in [5.41, 5.74) is 7.97. The zero-order valence-electron chi connectivity index (χ0n) is 10.6. The average molecular weight is 247 g/mol. The second-order valence-corrected chi connectivity index (χ2v) is 4.08. The number of nitrogens with zero attached hydrogens (tertiary/aromatic N) is 2. The highest BCUT2D eigenvalue weighted by Crippen LogP contribution is 2.30. The van der Waals surface area contributed by atoms with Crippen molar-refractivity contribution in [1.29, 1.82) is 0 Å². The summed E-state index contributed by atoms with van der Waals surface area (Å²) in [6, 6.07) is 6.95. The van der Waals surface area contributed by atoms with Crippen molar-refractivity contribution in [3.63, 3.8) is 0 Å². The number of aryl methyl sites for hydroxylation is 2. The fourth-order valence-electron chi connectivity index (χ4n) is 1.69. The molecule has 18 heavy (non-hydrogen) atoms. The number of phenols is 1. The van der Waals surface area contributed by atoms with Gasteiger partial charge in [0.25, 0.3) is 0 Å². The third kappa shape index (κ3) is 2.40. The van der Waals surface area contributed by atoms with Gasteiger partial charge in [-0.25, -0.2) is 0 Å². The van der Waals surface area contributed by atoms with E-state index in [9.17, 15) is 5.11 Å². The summed E-state index contributed by atoms with van der Waals surface area (Å²) >= 11 is 0. The van der Waals surface area contributed by atoms with Gasteiger partial charge in [-0.15, -0.1) is 0 Å². The Hall–Kier alpha value is -2.17. The van der Waals surface area contributed by atoms with Crippen LogP contribution in [0.1, 0.15) is 18.3 Å². The van der Waals surface area contributed by atoms with Gasteiger partial charge in [-0.2, -0.15) is 5.10 Å². The number of anilines is 1. The number of nitrogens with two attached hydrogens (primary N) is 1. The first kappa shape index (κ1) is 12.3. The van der Waals surface area contributed by atoms with Gasteiger partial charge in [0, 0.05) is 7.05 Å². The van der Waals surface area contributed by atoms with Crippen molar-refractivity contribution in [2.45, 2.75) is 20.0 Å². The van der Waals surface area contributed by atoms with Crippen LogP contribution in [0.2, 0.25) is 0 Å². The molecule has 0 aliphatic heterocycles. The molecule has 0 saturated carbocycles. The first-order valence-electron chi connectivity index (χ1n) is 5.84. The number of hydrogen-bond acceptors (Lipinski definition) is 4. The Labute approximate surface area is 106 Å². The molecular formula is C13H17N3O2. The van der Waals surface area contributed by atoms with Crippen molar-refractivity contribution in [3.05, 3.63) is 35.7 Å². The van der Waals surface area contributed by atoms with Gasteiger partial charge >= 0.3 is 0 Å². The predicted octanol–water partition coefficient (Wildman–Crippen LogP) is 1.85. The van der Waals surface area contributed by atoms with E-state index in [4.69, 9.17) is 10.5 Å². The van der Waals surface area contributed by atoms with Gasteiger partial charge in [-0.3, -0.25) is 4.68 Å². The minimum Gasteiger partial charge on any atom is -0.506 e. The lowest BCUT2D eigenvalue weighted by Crippen LogP contribution is -2.04. The van der Waals surface area contributed by atoms with Crippen LogP contribution >= 0.6 is 0 Å². The minimum atomic E-state index is 0.0340. The fourth-order valence-corrected chi connectivity index (χ4v) is 1.69. The fraction of sp³-hybridized carbons (Fsp3) is 0.308. The smallest absolute Gasteiger partial charge is 0.146 e. The van der Waals surface area contributed by atoms with Crippen LogP contribution in [-0.2, 0) is 20.1 Å². The average Bonchev–Trinajstić information content (AvgIpc) is 2.72. The van der Waals surface area contributed by atoms with Crippen molar-refractivity contribution < 1.29 is 9.84 Å². The molecule has 0 aliphatic carbocycles. The zero-order chi connectivity index (χ0) is 13.1. The first-order valence-corrected chi connectivity index (χ1v) is 5.84. The monoisotopic (exact) mass is 247 g/mol. The molecule has 0 bridgehead atoms. The Bertz CT molecular complexity index is 549. The topological polar surface area (TPSA) is 73.3 Å². The normalized spacial score (nSPS) is 10.6. The minimum absolute atomic E-state index is 0.0340. The SMILES string of the molecule is CCc1cc(COc2cccc(O)c2N)n(C)n1. The van der Waals surface area contributed by atoms with Crippen LogP contribution in [0.3, 0.4) is 0 Å². The van der Waals surface area contributed by atoms with E-state index in [1.54, 1.807) is 16.8 Å². The molecule has 5 heteroatoms. The number of hydrogen-bond donors (Lipinski definition) is 2. The van der Waals surface area contributed by atoms with Gasteiger partial charge in [0.05, 0.1) is 11.4 Å². The van der Waals surface area contributed by atoms with Gasteiger partial charge < -0.3 is 15.6 Å². The Morgan fingerprint density at radius 2 is 2.22 bits per heavy atom. The number of benzene rings is 1. The van der Waals surface area contributed by atoms with Crippen LogP contribution in [0.4, 0.5) is 5.69 Å². The Balaban J connectivity index is 2.11. The number of nitrogen functional groups attached to an aromatic ring is 1. The summed E-state index contributed by atoms with van der Waals surface area (Å²) in [5, 5.41) is 13.8. The quantitative estimate of drug-likeness (QED) is 0.638. The Morgan fingerprint density at radius 3 is 2.89 bits per heavy atom. The van der Waals surface area contributed by atoms with Crippen LogP contribution in [-0.4, -0.2) is 14.9 Å². The molecule has 0 fully saturated rings. The summed E-state index contributed by atoms with van der Waals surface area (Å²) in [7, 11) is 1.88. The molecule has 5 nitrogen and oxygen atoms in total. The highest BCUT2D eigenvalue weighted by molar-refractivity contribution is 5.61. The van der Waals surface area contributed by atoms with Crippen molar-refractivity contribution in [2.75, 3.05) is 5.73 Å². The van der Waals surface area contributed by atoms with E-state index in [0.717, 1.165) is 17.8 Å². The molecule has 0 radical (unpaired) electrons. The molecular weight excluding hydrogens is 230 g/mol. The zero-order valence-corrected chi connectivity index (χ0v) is 10.6. The maximum absolute atomic E-state index is 9.47. The van der Waals surface area contributed by atoms with Gasteiger partial charge in [-0.1, -0.05) is 13.0 Å². The second-order valence-electron chi connectivity index (χ2n) is 4.08. The van der Waals surface area contributed by atoms with Crippen LogP contribution < -0.4 is 10.5 Å². The molecule has 1 heterocycles. The van der Waals surface area contributed by atoms with E-state index < -0.39 is 0 Å². The number of aromatic hydroxyl groups is 1. The van der Waals surface area contributed by atoms with E-state index in [1.807, 2.05) is 13.1 Å².